The van der Waals surface area contributed by atoms with Gasteiger partial charge < -0.3 is 9.88 Å². The Morgan fingerprint density at radius 1 is 1.03 bits per heavy atom. The number of rotatable bonds is 8. The minimum atomic E-state index is -0.0463. The van der Waals surface area contributed by atoms with Crippen LogP contribution in [0.1, 0.15) is 48.1 Å². The Morgan fingerprint density at radius 2 is 1.73 bits per heavy atom. The van der Waals surface area contributed by atoms with E-state index in [1.54, 1.807) is 0 Å². The molecule has 1 amide bonds. The molecule has 0 radical (unpaired) electrons. The lowest BCUT2D eigenvalue weighted by atomic mass is 10.2. The van der Waals surface area contributed by atoms with Gasteiger partial charge in [0, 0.05) is 12.2 Å². The Kier molecular flexibility index (Phi) is 7.02. The molecule has 0 spiro atoms. The largest absolute Gasteiger partial charge is 0.323 e. The summed E-state index contributed by atoms with van der Waals surface area (Å²) < 4.78 is 4.10. The number of aromatic nitrogens is 4. The van der Waals surface area contributed by atoms with Crippen LogP contribution in [0, 0.1) is 34.6 Å². The molecule has 0 aliphatic heterocycles. The molecule has 6 nitrogen and oxygen atoms in total. The van der Waals surface area contributed by atoms with Gasteiger partial charge in [-0.3, -0.25) is 4.79 Å². The Hall–Kier alpha value is -2.54. The first-order valence-electron chi connectivity index (χ1n) is 10.4. The van der Waals surface area contributed by atoms with Gasteiger partial charge in [-0.1, -0.05) is 42.8 Å². The van der Waals surface area contributed by atoms with Gasteiger partial charge in [0.1, 0.15) is 0 Å². The summed E-state index contributed by atoms with van der Waals surface area (Å²) in [6.45, 7) is 13.2. The normalized spacial score (nSPS) is 11.1. The molecule has 1 aromatic carbocycles. The van der Waals surface area contributed by atoms with E-state index in [-0.39, 0.29) is 5.91 Å². The average Bonchev–Trinajstić information content (AvgIpc) is 3.15. The number of nitrogens with one attached hydrogen (secondary N) is 1. The highest BCUT2D eigenvalue weighted by Gasteiger charge is 2.17. The third-order valence-electron chi connectivity index (χ3n) is 5.32. The molecule has 0 unspecified atom stereocenters. The SMILES string of the molecule is CCCCn1c(SCC(=O)Nc2c(C)nn(-c3ccc(C)cc3)c2C)nc(C)c1C. The summed E-state index contributed by atoms with van der Waals surface area (Å²) in [5.74, 6) is 0.270. The number of carbonyl (C=O) groups is 1. The second-order valence-corrected chi connectivity index (χ2v) is 8.64. The van der Waals surface area contributed by atoms with E-state index < -0.39 is 0 Å². The molecule has 3 aromatic rings. The zero-order valence-electron chi connectivity index (χ0n) is 18.7. The van der Waals surface area contributed by atoms with Crippen molar-refractivity contribution in [2.24, 2.45) is 0 Å². The van der Waals surface area contributed by atoms with Crippen molar-refractivity contribution < 1.29 is 4.79 Å². The molecule has 3 rings (SSSR count). The predicted octanol–water partition coefficient (Wildman–Crippen LogP) is 5.14. The van der Waals surface area contributed by atoms with Crippen LogP contribution < -0.4 is 5.32 Å². The molecule has 0 bridgehead atoms. The molecule has 0 aliphatic rings. The molecule has 2 aromatic heterocycles. The number of amides is 1. The van der Waals surface area contributed by atoms with Gasteiger partial charge in [0.15, 0.2) is 5.16 Å². The Morgan fingerprint density at radius 3 is 2.40 bits per heavy atom. The summed E-state index contributed by atoms with van der Waals surface area (Å²) in [7, 11) is 0. The first-order valence-corrected chi connectivity index (χ1v) is 11.4. The Labute approximate surface area is 183 Å². The summed E-state index contributed by atoms with van der Waals surface area (Å²) in [5.41, 5.74) is 6.90. The lowest BCUT2D eigenvalue weighted by Gasteiger charge is -2.10. The summed E-state index contributed by atoms with van der Waals surface area (Å²) >= 11 is 1.49. The zero-order chi connectivity index (χ0) is 21.8. The second-order valence-electron chi connectivity index (χ2n) is 7.70. The second kappa shape index (κ2) is 9.51. The summed E-state index contributed by atoms with van der Waals surface area (Å²) in [6.07, 6.45) is 2.23. The monoisotopic (exact) mass is 425 g/mol. The molecule has 1 N–H and O–H groups in total. The topological polar surface area (TPSA) is 64.7 Å². The number of aryl methyl sites for hydroxylation is 3. The molecule has 0 atom stereocenters. The predicted molar refractivity (Wildman–Crippen MR) is 124 cm³/mol. The fourth-order valence-corrected chi connectivity index (χ4v) is 4.30. The highest BCUT2D eigenvalue weighted by molar-refractivity contribution is 7.99. The number of unbranched alkanes of at least 4 members (excludes halogenated alkanes) is 1. The van der Waals surface area contributed by atoms with Crippen LogP contribution >= 0.6 is 11.8 Å². The Balaban J connectivity index is 1.70. The van der Waals surface area contributed by atoms with Crippen molar-refractivity contribution in [3.8, 4) is 5.69 Å². The highest BCUT2D eigenvalue weighted by Crippen LogP contribution is 2.25. The number of carbonyl (C=O) groups excluding carboxylic acids is 1. The Bertz CT molecular complexity index is 1030. The third kappa shape index (κ3) is 4.78. The molecule has 0 aliphatic carbocycles. The van der Waals surface area contributed by atoms with E-state index in [0.29, 0.717) is 5.75 Å². The number of anilines is 1. The van der Waals surface area contributed by atoms with Crippen LogP contribution in [0.3, 0.4) is 0 Å². The molecule has 0 saturated carbocycles. The van der Waals surface area contributed by atoms with Crippen LogP contribution in [0.5, 0.6) is 0 Å². The van der Waals surface area contributed by atoms with Crippen molar-refractivity contribution in [3.63, 3.8) is 0 Å². The van der Waals surface area contributed by atoms with Gasteiger partial charge >= 0.3 is 0 Å². The van der Waals surface area contributed by atoms with Crippen molar-refractivity contribution in [2.45, 2.75) is 66.1 Å². The first kappa shape index (κ1) is 22.2. The molecule has 2 heterocycles. The number of thioether (sulfide) groups is 1. The van der Waals surface area contributed by atoms with Crippen molar-refractivity contribution in [2.75, 3.05) is 11.1 Å². The van der Waals surface area contributed by atoms with Crippen molar-refractivity contribution in [3.05, 3.63) is 52.6 Å². The van der Waals surface area contributed by atoms with Gasteiger partial charge in [-0.15, -0.1) is 0 Å². The molecule has 0 fully saturated rings. The van der Waals surface area contributed by atoms with E-state index in [1.165, 1.54) is 23.0 Å². The van der Waals surface area contributed by atoms with Gasteiger partial charge in [0.05, 0.1) is 34.2 Å². The summed E-state index contributed by atoms with van der Waals surface area (Å²) in [6, 6.07) is 8.20. The fraction of sp³-hybridized carbons (Fsp3) is 0.435. The number of nitrogens with zero attached hydrogens (tertiary/aromatic N) is 4. The lowest BCUT2D eigenvalue weighted by molar-refractivity contribution is -0.113. The van der Waals surface area contributed by atoms with Crippen LogP contribution in [-0.2, 0) is 11.3 Å². The number of hydrogen-bond donors (Lipinski definition) is 1. The van der Waals surface area contributed by atoms with E-state index in [2.05, 4.69) is 52.9 Å². The number of imidazole rings is 1. The minimum Gasteiger partial charge on any atom is -0.323 e. The van der Waals surface area contributed by atoms with Crippen LogP contribution in [0.25, 0.3) is 5.69 Å². The molecular formula is C23H31N5OS. The van der Waals surface area contributed by atoms with E-state index in [9.17, 15) is 4.79 Å². The van der Waals surface area contributed by atoms with Gasteiger partial charge in [0.2, 0.25) is 5.91 Å². The molecule has 160 valence electrons. The number of hydrogen-bond acceptors (Lipinski definition) is 4. The van der Waals surface area contributed by atoms with Crippen LogP contribution in [-0.4, -0.2) is 31.0 Å². The van der Waals surface area contributed by atoms with Gasteiger partial charge in [-0.05, 0) is 53.2 Å². The summed E-state index contributed by atoms with van der Waals surface area (Å²) in [5, 5.41) is 8.59. The van der Waals surface area contributed by atoms with Crippen molar-refractivity contribution >= 4 is 23.4 Å². The van der Waals surface area contributed by atoms with E-state index in [4.69, 9.17) is 0 Å². The zero-order valence-corrected chi connectivity index (χ0v) is 19.6. The van der Waals surface area contributed by atoms with Gasteiger partial charge in [-0.25, -0.2) is 9.67 Å². The van der Waals surface area contributed by atoms with Crippen molar-refractivity contribution in [1.29, 1.82) is 0 Å². The maximum absolute atomic E-state index is 12.7. The van der Waals surface area contributed by atoms with E-state index in [1.807, 2.05) is 37.6 Å². The molecule has 7 heteroatoms. The molecule has 0 saturated heterocycles. The maximum atomic E-state index is 12.7. The molecule has 30 heavy (non-hydrogen) atoms. The van der Waals surface area contributed by atoms with Crippen LogP contribution in [0.15, 0.2) is 29.4 Å². The number of benzene rings is 1. The highest BCUT2D eigenvalue weighted by atomic mass is 32.2. The van der Waals surface area contributed by atoms with Crippen molar-refractivity contribution in [1.82, 2.24) is 19.3 Å². The standard InChI is InChI=1S/C23H31N5OS/c1-7-8-13-27-18(5)16(3)24-23(27)30-14-21(29)25-22-17(4)26-28(19(22)6)20-11-9-15(2)10-12-20/h9-12H,7-8,13-14H2,1-6H3,(H,25,29). The smallest absolute Gasteiger partial charge is 0.234 e. The maximum Gasteiger partial charge on any atom is 0.234 e. The summed E-state index contributed by atoms with van der Waals surface area (Å²) in [4.78, 5) is 17.3. The minimum absolute atomic E-state index is 0.0463. The quantitative estimate of drug-likeness (QED) is 0.508. The van der Waals surface area contributed by atoms with Gasteiger partial charge in [0.25, 0.3) is 0 Å². The lowest BCUT2D eigenvalue weighted by Crippen LogP contribution is -2.16. The van der Waals surface area contributed by atoms with Crippen LogP contribution in [0.4, 0.5) is 5.69 Å². The van der Waals surface area contributed by atoms with E-state index >= 15 is 0 Å². The fourth-order valence-electron chi connectivity index (χ4n) is 3.38. The van der Waals surface area contributed by atoms with Gasteiger partial charge in [-0.2, -0.15) is 5.10 Å². The van der Waals surface area contributed by atoms with E-state index in [0.717, 1.165) is 53.0 Å². The molecular weight excluding hydrogens is 394 g/mol. The van der Waals surface area contributed by atoms with Crippen LogP contribution in [0.2, 0.25) is 0 Å². The first-order chi connectivity index (χ1) is 14.3. The third-order valence-corrected chi connectivity index (χ3v) is 6.30. The average molecular weight is 426 g/mol.